The van der Waals surface area contributed by atoms with Crippen LogP contribution in [0.4, 0.5) is 5.69 Å². The molecule has 0 atom stereocenters. The molecule has 0 spiro atoms. The fourth-order valence-electron chi connectivity index (χ4n) is 2.98. The molecule has 2 N–H and O–H groups in total. The molecule has 0 aliphatic carbocycles. The van der Waals surface area contributed by atoms with Gasteiger partial charge in [-0.1, -0.05) is 23.2 Å². The van der Waals surface area contributed by atoms with Crippen LogP contribution in [0.2, 0.25) is 10.0 Å². The first kappa shape index (κ1) is 22.4. The van der Waals surface area contributed by atoms with E-state index in [4.69, 9.17) is 23.2 Å². The average Bonchev–Trinajstić information content (AvgIpc) is 2.65. The molecule has 0 bridgehead atoms. The van der Waals surface area contributed by atoms with Crippen molar-refractivity contribution in [2.75, 3.05) is 4.72 Å². The summed E-state index contributed by atoms with van der Waals surface area (Å²) in [6.45, 7) is 2.99. The fraction of sp³-hybridized carbons (Fsp3) is 0.100. The van der Waals surface area contributed by atoms with Crippen LogP contribution in [0.3, 0.4) is 0 Å². The molecule has 30 heavy (non-hydrogen) atoms. The second kappa shape index (κ2) is 8.11. The van der Waals surface area contributed by atoms with Crippen molar-refractivity contribution >= 4 is 48.7 Å². The Morgan fingerprint density at radius 2 is 1.27 bits per heavy atom. The van der Waals surface area contributed by atoms with Crippen LogP contribution < -0.4 is 4.72 Å². The highest BCUT2D eigenvalue weighted by molar-refractivity contribution is 7.93. The van der Waals surface area contributed by atoms with Crippen molar-refractivity contribution in [1.82, 2.24) is 0 Å². The maximum Gasteiger partial charge on any atom is 0.261 e. The molecular formula is C20H17Cl2NO5S2. The summed E-state index contributed by atoms with van der Waals surface area (Å²) in [6, 6.07) is 12.2. The Labute approximate surface area is 185 Å². The Morgan fingerprint density at radius 1 is 0.800 bits per heavy atom. The Hall–Kier alpha value is -2.26. The lowest BCUT2D eigenvalue weighted by Crippen LogP contribution is -2.16. The summed E-state index contributed by atoms with van der Waals surface area (Å²) in [7, 11) is -8.17. The van der Waals surface area contributed by atoms with Gasteiger partial charge in [-0.3, -0.25) is 4.72 Å². The number of rotatable bonds is 5. The Balaban J connectivity index is 2.14. The van der Waals surface area contributed by atoms with Gasteiger partial charge in [0.15, 0.2) is 0 Å². The zero-order valence-electron chi connectivity index (χ0n) is 15.8. The van der Waals surface area contributed by atoms with E-state index in [0.717, 1.165) is 0 Å². The molecule has 3 aromatic carbocycles. The van der Waals surface area contributed by atoms with Crippen molar-refractivity contribution in [1.29, 1.82) is 0 Å². The third kappa shape index (κ3) is 4.27. The molecule has 0 fully saturated rings. The van der Waals surface area contributed by atoms with Crippen LogP contribution in [0, 0.1) is 13.8 Å². The van der Waals surface area contributed by atoms with Crippen molar-refractivity contribution in [3.63, 3.8) is 0 Å². The summed E-state index contributed by atoms with van der Waals surface area (Å²) >= 11 is 11.6. The molecule has 0 saturated heterocycles. The normalized spacial score (nSPS) is 12.0. The number of phenols is 1. The van der Waals surface area contributed by atoms with E-state index in [1.165, 1.54) is 61.5 Å². The Morgan fingerprint density at radius 3 is 1.77 bits per heavy atom. The first-order valence-electron chi connectivity index (χ1n) is 8.55. The average molecular weight is 486 g/mol. The highest BCUT2D eigenvalue weighted by Crippen LogP contribution is 2.38. The molecule has 3 aromatic rings. The van der Waals surface area contributed by atoms with Crippen molar-refractivity contribution in [2.45, 2.75) is 28.5 Å². The largest absolute Gasteiger partial charge is 0.507 e. The first-order valence-corrected chi connectivity index (χ1v) is 12.3. The number of aryl methyl sites for hydroxylation is 1. The van der Waals surface area contributed by atoms with Crippen LogP contribution >= 0.6 is 23.2 Å². The zero-order valence-corrected chi connectivity index (χ0v) is 19.0. The molecule has 158 valence electrons. The number of sulfonamides is 1. The van der Waals surface area contributed by atoms with Crippen LogP contribution in [-0.4, -0.2) is 21.9 Å². The predicted octanol–water partition coefficient (Wildman–Crippen LogP) is 4.95. The van der Waals surface area contributed by atoms with Gasteiger partial charge in [-0.2, -0.15) is 0 Å². The van der Waals surface area contributed by atoms with Crippen LogP contribution in [0.15, 0.2) is 69.3 Å². The van der Waals surface area contributed by atoms with Crippen LogP contribution in [0.25, 0.3) is 0 Å². The molecule has 0 heterocycles. The number of anilines is 1. The highest BCUT2D eigenvalue weighted by Gasteiger charge is 2.28. The molecule has 0 aliphatic heterocycles. The van der Waals surface area contributed by atoms with E-state index in [0.29, 0.717) is 15.6 Å². The van der Waals surface area contributed by atoms with Crippen LogP contribution in [-0.2, 0) is 19.9 Å². The van der Waals surface area contributed by atoms with Gasteiger partial charge >= 0.3 is 0 Å². The first-order chi connectivity index (χ1) is 13.9. The minimum absolute atomic E-state index is 0.0408. The molecule has 0 aliphatic rings. The van der Waals surface area contributed by atoms with Gasteiger partial charge in [0.05, 0.1) is 15.5 Å². The van der Waals surface area contributed by atoms with Crippen molar-refractivity contribution in [3.05, 3.63) is 75.8 Å². The number of benzene rings is 3. The van der Waals surface area contributed by atoms with Crippen LogP contribution in [0.1, 0.15) is 11.1 Å². The zero-order chi connectivity index (χ0) is 22.3. The molecule has 0 amide bonds. The van der Waals surface area contributed by atoms with Gasteiger partial charge in [-0.25, -0.2) is 16.8 Å². The lowest BCUT2D eigenvalue weighted by molar-refractivity contribution is 0.457. The van der Waals surface area contributed by atoms with Gasteiger partial charge in [0.25, 0.3) is 10.0 Å². The molecule has 0 radical (unpaired) electrons. The summed E-state index contributed by atoms with van der Waals surface area (Å²) in [6.07, 6.45) is 0. The monoisotopic (exact) mass is 485 g/mol. The second-order valence-electron chi connectivity index (χ2n) is 6.56. The third-order valence-corrected chi connectivity index (χ3v) is 8.26. The van der Waals surface area contributed by atoms with Gasteiger partial charge in [0, 0.05) is 10.0 Å². The van der Waals surface area contributed by atoms with Crippen molar-refractivity contribution in [2.24, 2.45) is 0 Å². The van der Waals surface area contributed by atoms with E-state index in [-0.39, 0.29) is 25.9 Å². The molecular weight excluding hydrogens is 469 g/mol. The molecule has 3 rings (SSSR count). The van der Waals surface area contributed by atoms with Gasteiger partial charge < -0.3 is 5.11 Å². The SMILES string of the molecule is Cc1cc(O)c(S(=O)(=O)c2ccc(Cl)cc2)c(C)c1NS(=O)(=O)c1ccc(Cl)cc1. The second-order valence-corrected chi connectivity index (χ2v) is 11.0. The Kier molecular flexibility index (Phi) is 6.06. The minimum Gasteiger partial charge on any atom is -0.507 e. The number of hydrogen-bond donors (Lipinski definition) is 2. The number of phenolic OH excluding ortho intramolecular Hbond substituents is 1. The number of halogens is 2. The standard InChI is InChI=1S/C20H17Cl2NO5S2/c1-12-11-18(24)20(29(25,26)16-7-3-14(21)4-8-16)13(2)19(12)23-30(27,28)17-9-5-15(22)6-10-17/h3-11,23-24H,1-2H3. The number of aromatic hydroxyl groups is 1. The van der Waals surface area contributed by atoms with E-state index in [1.807, 2.05) is 0 Å². The molecule has 0 aromatic heterocycles. The summed E-state index contributed by atoms with van der Waals surface area (Å²) in [5.74, 6) is -0.477. The summed E-state index contributed by atoms with van der Waals surface area (Å²) in [4.78, 5) is -0.509. The quantitative estimate of drug-likeness (QED) is 0.497. The van der Waals surface area contributed by atoms with Gasteiger partial charge in [0.1, 0.15) is 10.6 Å². The number of nitrogens with one attached hydrogen (secondary N) is 1. The van der Waals surface area contributed by atoms with Crippen LogP contribution in [0.5, 0.6) is 5.75 Å². The molecule has 10 heteroatoms. The van der Waals surface area contributed by atoms with E-state index >= 15 is 0 Å². The topological polar surface area (TPSA) is 101 Å². The highest BCUT2D eigenvalue weighted by atomic mass is 35.5. The summed E-state index contributed by atoms with van der Waals surface area (Å²) in [5, 5.41) is 11.1. The van der Waals surface area contributed by atoms with Crippen molar-refractivity contribution in [3.8, 4) is 5.75 Å². The Bertz CT molecular complexity index is 1320. The van der Waals surface area contributed by atoms with E-state index in [9.17, 15) is 21.9 Å². The van der Waals surface area contributed by atoms with E-state index in [1.54, 1.807) is 6.92 Å². The van der Waals surface area contributed by atoms with Crippen molar-refractivity contribution < 1.29 is 21.9 Å². The van der Waals surface area contributed by atoms with Gasteiger partial charge in [-0.05, 0) is 79.6 Å². The lowest BCUT2D eigenvalue weighted by atomic mass is 10.1. The number of hydrogen-bond acceptors (Lipinski definition) is 5. The minimum atomic E-state index is -4.14. The lowest BCUT2D eigenvalue weighted by Gasteiger charge is -2.18. The fourth-order valence-corrected chi connectivity index (χ4v) is 6.00. The molecule has 0 saturated carbocycles. The smallest absolute Gasteiger partial charge is 0.261 e. The maximum absolute atomic E-state index is 13.1. The van der Waals surface area contributed by atoms with Gasteiger partial charge in [-0.15, -0.1) is 0 Å². The third-order valence-electron chi connectivity index (χ3n) is 4.45. The van der Waals surface area contributed by atoms with E-state index < -0.39 is 25.6 Å². The summed E-state index contributed by atoms with van der Waals surface area (Å²) in [5.41, 5.74) is 0.493. The maximum atomic E-state index is 13.1. The molecule has 0 unspecified atom stereocenters. The van der Waals surface area contributed by atoms with E-state index in [2.05, 4.69) is 4.72 Å². The molecule has 6 nitrogen and oxygen atoms in total. The van der Waals surface area contributed by atoms with Gasteiger partial charge in [0.2, 0.25) is 9.84 Å². The number of sulfone groups is 1. The summed E-state index contributed by atoms with van der Waals surface area (Å²) < 4.78 is 54.3. The predicted molar refractivity (Wildman–Crippen MR) is 117 cm³/mol.